The van der Waals surface area contributed by atoms with Crippen molar-refractivity contribution in [3.63, 3.8) is 0 Å². The van der Waals surface area contributed by atoms with Gasteiger partial charge in [0.25, 0.3) is 0 Å². The summed E-state index contributed by atoms with van der Waals surface area (Å²) >= 11 is 0. The third-order valence-electron chi connectivity index (χ3n) is 4.05. The first-order valence-corrected chi connectivity index (χ1v) is 8.72. The molecule has 0 spiro atoms. The van der Waals surface area contributed by atoms with Crippen LogP contribution in [0.5, 0.6) is 0 Å². The van der Waals surface area contributed by atoms with E-state index in [4.69, 9.17) is 0 Å². The summed E-state index contributed by atoms with van der Waals surface area (Å²) in [6.07, 6.45) is 9.60. The molecule has 0 radical (unpaired) electrons. The van der Waals surface area contributed by atoms with Gasteiger partial charge in [-0.15, -0.1) is 24.0 Å². The van der Waals surface area contributed by atoms with E-state index < -0.39 is 0 Å². The molecule has 2 heterocycles. The molecule has 7 heteroatoms. The monoisotopic (exact) mass is 456 g/mol. The predicted molar refractivity (Wildman–Crippen MR) is 114 cm³/mol. The zero-order chi connectivity index (χ0) is 17.2. The van der Waals surface area contributed by atoms with Crippen molar-refractivity contribution in [3.8, 4) is 5.82 Å². The minimum Gasteiger partial charge on any atom is -0.357 e. The summed E-state index contributed by atoms with van der Waals surface area (Å²) < 4.78 is 1.88. The van der Waals surface area contributed by atoms with E-state index in [0.29, 0.717) is 12.5 Å². The van der Waals surface area contributed by atoms with Crippen LogP contribution in [0.2, 0.25) is 0 Å². The molecule has 0 amide bonds. The van der Waals surface area contributed by atoms with Crippen molar-refractivity contribution >= 4 is 29.9 Å². The lowest BCUT2D eigenvalue weighted by Gasteiger charge is -2.16. The average Bonchev–Trinajstić information content (AvgIpc) is 3.15. The van der Waals surface area contributed by atoms with Crippen LogP contribution < -0.4 is 10.6 Å². The maximum atomic E-state index is 4.65. The van der Waals surface area contributed by atoms with Crippen molar-refractivity contribution in [2.45, 2.75) is 40.2 Å². The molecule has 0 saturated carbocycles. The molecule has 0 aliphatic carbocycles. The van der Waals surface area contributed by atoms with Gasteiger partial charge >= 0.3 is 0 Å². The van der Waals surface area contributed by atoms with Gasteiger partial charge in [0.15, 0.2) is 5.96 Å². The normalized spacial score (nSPS) is 11.3. The molecule has 0 bridgehead atoms. The Balaban J connectivity index is 0.00000312. The Morgan fingerprint density at radius 1 is 1.20 bits per heavy atom. The third kappa shape index (κ3) is 7.01. The van der Waals surface area contributed by atoms with E-state index in [2.05, 4.69) is 52.4 Å². The van der Waals surface area contributed by atoms with Gasteiger partial charge in [-0.25, -0.2) is 15.0 Å². The van der Waals surface area contributed by atoms with Gasteiger partial charge in [-0.3, -0.25) is 4.57 Å². The summed E-state index contributed by atoms with van der Waals surface area (Å²) in [5, 5.41) is 6.73. The molecular formula is C18H29IN6. The highest BCUT2D eigenvalue weighted by Gasteiger charge is 2.05. The van der Waals surface area contributed by atoms with E-state index in [1.165, 1.54) is 12.8 Å². The molecular weight excluding hydrogens is 427 g/mol. The van der Waals surface area contributed by atoms with Gasteiger partial charge in [0.1, 0.15) is 12.1 Å². The van der Waals surface area contributed by atoms with E-state index >= 15 is 0 Å². The van der Waals surface area contributed by atoms with E-state index in [9.17, 15) is 0 Å². The largest absolute Gasteiger partial charge is 0.357 e. The molecule has 2 rings (SSSR count). The Morgan fingerprint density at radius 3 is 2.56 bits per heavy atom. The first-order chi connectivity index (χ1) is 11.8. The highest BCUT2D eigenvalue weighted by molar-refractivity contribution is 14.0. The average molecular weight is 456 g/mol. The number of aromatic nitrogens is 3. The number of aliphatic imine (C=N–C) groups is 1. The predicted octanol–water partition coefficient (Wildman–Crippen LogP) is 3.38. The van der Waals surface area contributed by atoms with E-state index in [1.807, 2.05) is 23.0 Å². The van der Waals surface area contributed by atoms with Crippen molar-refractivity contribution < 1.29 is 0 Å². The third-order valence-corrected chi connectivity index (χ3v) is 4.05. The molecule has 2 aromatic heterocycles. The lowest BCUT2D eigenvalue weighted by atomic mass is 10.0. The molecule has 0 fully saturated rings. The number of rotatable bonds is 8. The quantitative estimate of drug-likeness (QED) is 0.363. The van der Waals surface area contributed by atoms with Gasteiger partial charge in [0.05, 0.1) is 6.54 Å². The number of halogens is 1. The second-order valence-electron chi connectivity index (χ2n) is 5.75. The topological polar surface area (TPSA) is 67.1 Å². The van der Waals surface area contributed by atoms with Crippen LogP contribution in [0.15, 0.2) is 42.0 Å². The number of hydrogen-bond acceptors (Lipinski definition) is 3. The standard InChI is InChI=1S/C18H28N6.HI/c1-4-15(5-2)11-22-18(20-6-3)23-13-16-7-8-17(21-12-16)24-10-9-19-14-24;/h7-10,12,14-15H,4-6,11,13H2,1-3H3,(H2,20,22,23);1H. The maximum Gasteiger partial charge on any atom is 0.191 e. The van der Waals surface area contributed by atoms with Crippen molar-refractivity contribution in [3.05, 3.63) is 42.6 Å². The van der Waals surface area contributed by atoms with Crippen molar-refractivity contribution in [1.82, 2.24) is 25.2 Å². The van der Waals surface area contributed by atoms with E-state index in [0.717, 1.165) is 30.4 Å². The van der Waals surface area contributed by atoms with Gasteiger partial charge in [0.2, 0.25) is 0 Å². The van der Waals surface area contributed by atoms with Gasteiger partial charge < -0.3 is 10.6 Å². The smallest absolute Gasteiger partial charge is 0.191 e. The van der Waals surface area contributed by atoms with Crippen LogP contribution in [0, 0.1) is 5.92 Å². The Labute approximate surface area is 167 Å². The fraction of sp³-hybridized carbons (Fsp3) is 0.500. The minimum absolute atomic E-state index is 0. The van der Waals surface area contributed by atoms with Crippen LogP contribution in [0.4, 0.5) is 0 Å². The number of nitrogens with zero attached hydrogens (tertiary/aromatic N) is 4. The number of pyridine rings is 1. The molecule has 0 aromatic carbocycles. The molecule has 0 aliphatic heterocycles. The van der Waals surface area contributed by atoms with Crippen molar-refractivity contribution in [2.75, 3.05) is 13.1 Å². The number of guanidine groups is 1. The number of nitrogens with one attached hydrogen (secondary N) is 2. The molecule has 0 atom stereocenters. The minimum atomic E-state index is 0. The van der Waals surface area contributed by atoms with Crippen molar-refractivity contribution in [2.24, 2.45) is 10.9 Å². The van der Waals surface area contributed by atoms with Crippen LogP contribution in [0.3, 0.4) is 0 Å². The molecule has 2 aromatic rings. The SMILES string of the molecule is CCNC(=NCc1ccc(-n2ccnc2)nc1)NCC(CC)CC.I. The highest BCUT2D eigenvalue weighted by Crippen LogP contribution is 2.07. The summed E-state index contributed by atoms with van der Waals surface area (Å²) in [4.78, 5) is 13.1. The second kappa shape index (κ2) is 11.8. The van der Waals surface area contributed by atoms with Crippen LogP contribution >= 0.6 is 24.0 Å². The zero-order valence-corrected chi connectivity index (χ0v) is 17.6. The van der Waals surface area contributed by atoms with Crippen LogP contribution in [0.25, 0.3) is 5.82 Å². The molecule has 0 aliphatic rings. The Bertz CT molecular complexity index is 605. The maximum absolute atomic E-state index is 4.65. The second-order valence-corrected chi connectivity index (χ2v) is 5.75. The van der Waals surface area contributed by atoms with Crippen LogP contribution in [-0.4, -0.2) is 33.6 Å². The summed E-state index contributed by atoms with van der Waals surface area (Å²) in [5.41, 5.74) is 1.08. The van der Waals surface area contributed by atoms with Gasteiger partial charge in [-0.2, -0.15) is 0 Å². The van der Waals surface area contributed by atoms with E-state index in [1.54, 1.807) is 12.5 Å². The van der Waals surface area contributed by atoms with Crippen molar-refractivity contribution in [1.29, 1.82) is 0 Å². The van der Waals surface area contributed by atoms with Gasteiger partial charge in [-0.1, -0.05) is 32.8 Å². The first-order valence-electron chi connectivity index (χ1n) is 8.72. The highest BCUT2D eigenvalue weighted by atomic mass is 127. The zero-order valence-electron chi connectivity index (χ0n) is 15.3. The Morgan fingerprint density at radius 2 is 2.00 bits per heavy atom. The van der Waals surface area contributed by atoms with Gasteiger partial charge in [0, 0.05) is 31.7 Å². The fourth-order valence-electron chi connectivity index (χ4n) is 2.39. The summed E-state index contributed by atoms with van der Waals surface area (Å²) in [7, 11) is 0. The first kappa shape index (κ1) is 21.4. The van der Waals surface area contributed by atoms with Crippen LogP contribution in [-0.2, 0) is 6.54 Å². The lowest BCUT2D eigenvalue weighted by molar-refractivity contribution is 0.481. The number of imidazole rings is 1. The molecule has 6 nitrogen and oxygen atoms in total. The lowest BCUT2D eigenvalue weighted by Crippen LogP contribution is -2.39. The summed E-state index contributed by atoms with van der Waals surface area (Å²) in [5.74, 6) is 2.41. The van der Waals surface area contributed by atoms with Crippen LogP contribution in [0.1, 0.15) is 39.2 Å². The molecule has 0 saturated heterocycles. The molecule has 25 heavy (non-hydrogen) atoms. The summed E-state index contributed by atoms with van der Waals surface area (Å²) in [6.45, 7) is 8.95. The van der Waals surface area contributed by atoms with E-state index in [-0.39, 0.29) is 24.0 Å². The summed E-state index contributed by atoms with van der Waals surface area (Å²) in [6, 6.07) is 4.04. The Hall–Kier alpha value is -1.64. The fourth-order valence-corrected chi connectivity index (χ4v) is 2.39. The Kier molecular flexibility index (Phi) is 10.1. The molecule has 2 N–H and O–H groups in total. The molecule has 0 unspecified atom stereocenters. The van der Waals surface area contributed by atoms with Gasteiger partial charge in [-0.05, 0) is 24.5 Å². The number of hydrogen-bond donors (Lipinski definition) is 2. The molecule has 138 valence electrons.